The number of aromatic hydroxyl groups is 1. The molecule has 3 rings (SSSR count). The third kappa shape index (κ3) is 4.54. The fraction of sp³-hybridized carbons (Fsp3) is 0.381. The van der Waals surface area contributed by atoms with E-state index in [1.165, 1.54) is 11.1 Å². The standard InChI is InChI=1S/C21H26N2O2S/c1-15-7-5-10-19(16(15)2)22-21(26)23(14-18-9-6-12-25-18)13-17-8-3-4-11-20(17)24/h3-5,7-8,10-11,18,24H,6,9,12-14H2,1-2H3,(H,22,26)/t18-/m1/s1. The summed E-state index contributed by atoms with van der Waals surface area (Å²) in [7, 11) is 0. The molecule has 0 saturated carbocycles. The molecule has 0 amide bonds. The summed E-state index contributed by atoms with van der Waals surface area (Å²) in [6.07, 6.45) is 2.31. The van der Waals surface area contributed by atoms with Crippen LogP contribution in [0.4, 0.5) is 5.69 Å². The van der Waals surface area contributed by atoms with Gasteiger partial charge in [-0.3, -0.25) is 0 Å². The first-order valence-corrected chi connectivity index (χ1v) is 9.46. The minimum absolute atomic E-state index is 0.180. The minimum atomic E-state index is 0.180. The number of hydrogen-bond acceptors (Lipinski definition) is 3. The Morgan fingerprint density at radius 2 is 2.04 bits per heavy atom. The fourth-order valence-corrected chi connectivity index (χ4v) is 3.43. The van der Waals surface area contributed by atoms with Crippen LogP contribution in [0.25, 0.3) is 0 Å². The molecule has 0 unspecified atom stereocenters. The molecule has 2 aromatic rings. The van der Waals surface area contributed by atoms with E-state index < -0.39 is 0 Å². The van der Waals surface area contributed by atoms with E-state index >= 15 is 0 Å². The number of nitrogens with zero attached hydrogens (tertiary/aromatic N) is 1. The summed E-state index contributed by atoms with van der Waals surface area (Å²) in [6.45, 7) is 6.25. The van der Waals surface area contributed by atoms with Gasteiger partial charge in [0.1, 0.15) is 5.75 Å². The van der Waals surface area contributed by atoms with Crippen molar-refractivity contribution in [2.45, 2.75) is 39.3 Å². The molecule has 2 aromatic carbocycles. The van der Waals surface area contributed by atoms with Crippen LogP contribution in [0.2, 0.25) is 0 Å². The molecule has 1 fully saturated rings. The van der Waals surface area contributed by atoms with E-state index in [2.05, 4.69) is 30.1 Å². The van der Waals surface area contributed by atoms with Crippen LogP contribution in [0, 0.1) is 13.8 Å². The summed E-state index contributed by atoms with van der Waals surface area (Å²) in [5, 5.41) is 14.2. The van der Waals surface area contributed by atoms with Gasteiger partial charge in [0.2, 0.25) is 0 Å². The molecule has 0 bridgehead atoms. The third-order valence-electron chi connectivity index (χ3n) is 4.93. The van der Waals surface area contributed by atoms with Gasteiger partial charge in [0.25, 0.3) is 0 Å². The van der Waals surface area contributed by atoms with Crippen LogP contribution in [-0.2, 0) is 11.3 Å². The van der Waals surface area contributed by atoms with Gasteiger partial charge >= 0.3 is 0 Å². The minimum Gasteiger partial charge on any atom is -0.508 e. The molecule has 0 spiro atoms. The van der Waals surface area contributed by atoms with Crippen molar-refractivity contribution >= 4 is 23.0 Å². The zero-order valence-electron chi connectivity index (χ0n) is 15.4. The number of para-hydroxylation sites is 1. The van der Waals surface area contributed by atoms with Crippen molar-refractivity contribution in [2.24, 2.45) is 0 Å². The molecule has 5 heteroatoms. The second-order valence-electron chi connectivity index (χ2n) is 6.82. The normalized spacial score (nSPS) is 16.5. The van der Waals surface area contributed by atoms with Gasteiger partial charge in [0.15, 0.2) is 5.11 Å². The van der Waals surface area contributed by atoms with Crippen LogP contribution in [0.1, 0.15) is 29.5 Å². The number of rotatable bonds is 5. The maximum atomic E-state index is 10.2. The molecule has 0 radical (unpaired) electrons. The first kappa shape index (κ1) is 18.7. The summed E-state index contributed by atoms with van der Waals surface area (Å²) in [4.78, 5) is 2.09. The Balaban J connectivity index is 1.78. The zero-order chi connectivity index (χ0) is 18.5. The third-order valence-corrected chi connectivity index (χ3v) is 5.29. The second kappa shape index (κ2) is 8.52. The van der Waals surface area contributed by atoms with Crippen molar-refractivity contribution in [3.05, 3.63) is 59.2 Å². The SMILES string of the molecule is Cc1cccc(NC(=S)N(Cc2ccccc2O)C[C@H]2CCCO2)c1C. The summed E-state index contributed by atoms with van der Waals surface area (Å²) < 4.78 is 5.80. The Hall–Kier alpha value is -2.11. The number of nitrogens with one attached hydrogen (secondary N) is 1. The molecular weight excluding hydrogens is 344 g/mol. The van der Waals surface area contributed by atoms with Crippen LogP contribution in [0.5, 0.6) is 5.75 Å². The average molecular weight is 371 g/mol. The first-order chi connectivity index (χ1) is 12.5. The number of hydrogen-bond donors (Lipinski definition) is 2. The molecule has 1 atom stereocenters. The van der Waals surface area contributed by atoms with Crippen molar-refractivity contribution in [3.63, 3.8) is 0 Å². The maximum absolute atomic E-state index is 10.2. The molecule has 26 heavy (non-hydrogen) atoms. The lowest BCUT2D eigenvalue weighted by atomic mass is 10.1. The molecule has 1 heterocycles. The van der Waals surface area contributed by atoms with Crippen LogP contribution in [0.15, 0.2) is 42.5 Å². The summed E-state index contributed by atoms with van der Waals surface area (Å²) >= 11 is 5.72. The largest absolute Gasteiger partial charge is 0.508 e. The van der Waals surface area contributed by atoms with E-state index in [0.29, 0.717) is 24.0 Å². The maximum Gasteiger partial charge on any atom is 0.173 e. The van der Waals surface area contributed by atoms with Crippen LogP contribution in [0.3, 0.4) is 0 Å². The number of ether oxygens (including phenoxy) is 1. The van der Waals surface area contributed by atoms with Gasteiger partial charge in [-0.1, -0.05) is 30.3 Å². The van der Waals surface area contributed by atoms with Crippen molar-refractivity contribution in [1.82, 2.24) is 4.90 Å². The predicted octanol–water partition coefficient (Wildman–Crippen LogP) is 4.39. The molecule has 1 aliphatic heterocycles. The van der Waals surface area contributed by atoms with Gasteiger partial charge in [-0.2, -0.15) is 0 Å². The number of phenolic OH excluding ortho intramolecular Hbond substituents is 1. The van der Waals surface area contributed by atoms with E-state index in [9.17, 15) is 5.11 Å². The first-order valence-electron chi connectivity index (χ1n) is 9.05. The van der Waals surface area contributed by atoms with E-state index in [4.69, 9.17) is 17.0 Å². The van der Waals surface area contributed by atoms with Crippen molar-refractivity contribution < 1.29 is 9.84 Å². The lowest BCUT2D eigenvalue weighted by Crippen LogP contribution is -2.39. The summed E-state index contributed by atoms with van der Waals surface area (Å²) in [5.74, 6) is 0.291. The number of benzene rings is 2. The highest BCUT2D eigenvalue weighted by Gasteiger charge is 2.22. The Labute approximate surface area is 160 Å². The van der Waals surface area contributed by atoms with Gasteiger partial charge < -0.3 is 20.1 Å². The van der Waals surface area contributed by atoms with E-state index in [-0.39, 0.29) is 6.10 Å². The van der Waals surface area contributed by atoms with E-state index in [0.717, 1.165) is 30.7 Å². The number of thiocarbonyl (C=S) groups is 1. The highest BCUT2D eigenvalue weighted by Crippen LogP contribution is 2.23. The number of phenols is 1. The van der Waals surface area contributed by atoms with E-state index in [1.54, 1.807) is 6.07 Å². The van der Waals surface area contributed by atoms with Gasteiger partial charge in [-0.05, 0) is 62.2 Å². The molecule has 1 aliphatic rings. The highest BCUT2D eigenvalue weighted by atomic mass is 32.1. The molecule has 0 aromatic heterocycles. The highest BCUT2D eigenvalue weighted by molar-refractivity contribution is 7.80. The topological polar surface area (TPSA) is 44.7 Å². The van der Waals surface area contributed by atoms with Crippen LogP contribution in [-0.4, -0.2) is 34.4 Å². The van der Waals surface area contributed by atoms with Gasteiger partial charge in [-0.15, -0.1) is 0 Å². The molecular formula is C21H26N2O2S. The molecule has 138 valence electrons. The monoisotopic (exact) mass is 370 g/mol. The smallest absolute Gasteiger partial charge is 0.173 e. The molecule has 4 nitrogen and oxygen atoms in total. The Morgan fingerprint density at radius 3 is 2.77 bits per heavy atom. The molecule has 1 saturated heterocycles. The van der Waals surface area contributed by atoms with Crippen LogP contribution < -0.4 is 5.32 Å². The Bertz CT molecular complexity index is 772. The van der Waals surface area contributed by atoms with Gasteiger partial charge in [-0.25, -0.2) is 0 Å². The predicted molar refractivity (Wildman–Crippen MR) is 110 cm³/mol. The Morgan fingerprint density at radius 1 is 1.23 bits per heavy atom. The Kier molecular flexibility index (Phi) is 6.12. The van der Waals surface area contributed by atoms with Gasteiger partial charge in [0, 0.05) is 30.9 Å². The van der Waals surface area contributed by atoms with Gasteiger partial charge in [0.05, 0.1) is 6.10 Å². The lowest BCUT2D eigenvalue weighted by molar-refractivity contribution is 0.0903. The second-order valence-corrected chi connectivity index (χ2v) is 7.21. The summed E-state index contributed by atoms with van der Waals surface area (Å²) in [6, 6.07) is 13.6. The quantitative estimate of drug-likeness (QED) is 0.765. The zero-order valence-corrected chi connectivity index (χ0v) is 16.2. The molecule has 0 aliphatic carbocycles. The lowest BCUT2D eigenvalue weighted by Gasteiger charge is -2.29. The van der Waals surface area contributed by atoms with Crippen molar-refractivity contribution in [1.29, 1.82) is 0 Å². The van der Waals surface area contributed by atoms with Crippen LogP contribution >= 0.6 is 12.2 Å². The average Bonchev–Trinajstić information content (AvgIpc) is 3.13. The fourth-order valence-electron chi connectivity index (χ4n) is 3.18. The number of aryl methyl sites for hydroxylation is 1. The van der Waals surface area contributed by atoms with Crippen molar-refractivity contribution in [3.8, 4) is 5.75 Å². The van der Waals surface area contributed by atoms with E-state index in [1.807, 2.05) is 30.3 Å². The van der Waals surface area contributed by atoms with Crippen molar-refractivity contribution in [2.75, 3.05) is 18.5 Å². The number of anilines is 1. The molecule has 2 N–H and O–H groups in total. The summed E-state index contributed by atoms with van der Waals surface area (Å²) in [5.41, 5.74) is 4.29.